The first-order valence-electron chi connectivity index (χ1n) is 8.08. The van der Waals surface area contributed by atoms with Gasteiger partial charge in [-0.2, -0.15) is 10.2 Å². The number of rotatable bonds is 6. The van der Waals surface area contributed by atoms with Crippen molar-refractivity contribution in [2.75, 3.05) is 5.32 Å². The van der Waals surface area contributed by atoms with Gasteiger partial charge in [-0.15, -0.1) is 0 Å². The molecule has 25 heavy (non-hydrogen) atoms. The summed E-state index contributed by atoms with van der Waals surface area (Å²) < 4.78 is 4.66. The number of carbonyl (C=O) groups is 1. The largest absolute Gasteiger partial charge is 0.311 e. The molecule has 1 N–H and O–H groups in total. The molecule has 0 fully saturated rings. The van der Waals surface area contributed by atoms with Gasteiger partial charge in [-0.25, -0.2) is 4.68 Å². The maximum absolute atomic E-state index is 12.3. The molecule has 3 aromatic rings. The minimum atomic E-state index is -0.0523. The van der Waals surface area contributed by atoms with Crippen LogP contribution in [0.1, 0.15) is 23.4 Å². The molecule has 0 aliphatic carbocycles. The molecule has 6 nitrogen and oxygen atoms in total. The second-order valence-corrected chi connectivity index (χ2v) is 6.87. The summed E-state index contributed by atoms with van der Waals surface area (Å²) in [4.78, 5) is 12.3. The first-order valence-corrected chi connectivity index (χ1v) is 8.88. The van der Waals surface area contributed by atoms with Gasteiger partial charge in [-0.05, 0) is 37.6 Å². The van der Waals surface area contributed by atoms with Crippen LogP contribution in [0.5, 0.6) is 0 Å². The van der Waals surface area contributed by atoms with E-state index in [4.69, 9.17) is 0 Å². The van der Waals surface area contributed by atoms with Gasteiger partial charge in [0.15, 0.2) is 0 Å². The van der Waals surface area contributed by atoms with Crippen LogP contribution in [0.4, 0.5) is 5.82 Å². The van der Waals surface area contributed by atoms with Crippen LogP contribution in [-0.2, 0) is 17.9 Å². The van der Waals surface area contributed by atoms with Crippen molar-refractivity contribution in [2.24, 2.45) is 0 Å². The van der Waals surface area contributed by atoms with Crippen molar-refractivity contribution >= 4 is 27.7 Å². The van der Waals surface area contributed by atoms with Gasteiger partial charge in [0.25, 0.3) is 0 Å². The molecule has 0 saturated carbocycles. The molecule has 2 aromatic heterocycles. The van der Waals surface area contributed by atoms with Crippen LogP contribution in [0.25, 0.3) is 0 Å². The Balaban J connectivity index is 1.60. The lowest BCUT2D eigenvalue weighted by Crippen LogP contribution is -2.18. The Kier molecular flexibility index (Phi) is 5.33. The lowest BCUT2D eigenvalue weighted by Gasteiger charge is -2.10. The number of nitrogens with zero attached hydrogens (tertiary/aromatic N) is 4. The molecular formula is C18H20BrN5O. The quantitative estimate of drug-likeness (QED) is 0.686. The van der Waals surface area contributed by atoms with E-state index in [1.165, 1.54) is 0 Å². The zero-order valence-electron chi connectivity index (χ0n) is 14.2. The molecule has 0 bridgehead atoms. The number of carbonyl (C=O) groups excluding carboxylic acids is 1. The second-order valence-electron chi connectivity index (χ2n) is 5.95. The molecule has 1 amide bonds. The number of aryl methyl sites for hydroxylation is 3. The van der Waals surface area contributed by atoms with Crippen LogP contribution in [0.2, 0.25) is 0 Å². The van der Waals surface area contributed by atoms with Crippen molar-refractivity contribution in [2.45, 2.75) is 33.4 Å². The summed E-state index contributed by atoms with van der Waals surface area (Å²) in [7, 11) is 0. The highest BCUT2D eigenvalue weighted by atomic mass is 79.9. The van der Waals surface area contributed by atoms with E-state index in [9.17, 15) is 4.79 Å². The van der Waals surface area contributed by atoms with Gasteiger partial charge in [0, 0.05) is 29.2 Å². The SMILES string of the molecule is Cc1cc(C)n(CCC(=O)Nc2ccnn2Cc2cccc(Br)c2)n1. The minimum Gasteiger partial charge on any atom is -0.311 e. The number of amides is 1. The number of anilines is 1. The third-order valence-electron chi connectivity index (χ3n) is 3.86. The van der Waals surface area contributed by atoms with Crippen molar-refractivity contribution in [1.82, 2.24) is 19.6 Å². The summed E-state index contributed by atoms with van der Waals surface area (Å²) >= 11 is 3.47. The van der Waals surface area contributed by atoms with Crippen LogP contribution in [-0.4, -0.2) is 25.5 Å². The monoisotopic (exact) mass is 401 g/mol. The van der Waals surface area contributed by atoms with Crippen LogP contribution < -0.4 is 5.32 Å². The summed E-state index contributed by atoms with van der Waals surface area (Å²) in [6.45, 7) is 5.10. The lowest BCUT2D eigenvalue weighted by molar-refractivity contribution is -0.116. The van der Waals surface area contributed by atoms with E-state index in [2.05, 4.69) is 31.4 Å². The Morgan fingerprint density at radius 3 is 2.76 bits per heavy atom. The van der Waals surface area contributed by atoms with Crippen molar-refractivity contribution in [3.8, 4) is 0 Å². The van der Waals surface area contributed by atoms with Gasteiger partial charge in [0.2, 0.25) is 5.91 Å². The summed E-state index contributed by atoms with van der Waals surface area (Å²) in [6, 6.07) is 11.8. The second kappa shape index (κ2) is 7.65. The number of halogens is 1. The zero-order valence-corrected chi connectivity index (χ0v) is 15.8. The molecule has 7 heteroatoms. The first-order chi connectivity index (χ1) is 12.0. The van der Waals surface area contributed by atoms with Gasteiger partial charge >= 0.3 is 0 Å². The fourth-order valence-electron chi connectivity index (χ4n) is 2.69. The van der Waals surface area contributed by atoms with E-state index >= 15 is 0 Å². The molecule has 2 heterocycles. The fraction of sp³-hybridized carbons (Fsp3) is 0.278. The average Bonchev–Trinajstić information content (AvgIpc) is 3.11. The average molecular weight is 402 g/mol. The van der Waals surface area contributed by atoms with Gasteiger partial charge in [-0.1, -0.05) is 28.1 Å². The van der Waals surface area contributed by atoms with Crippen LogP contribution in [0.3, 0.4) is 0 Å². The van der Waals surface area contributed by atoms with Gasteiger partial charge < -0.3 is 5.32 Å². The third-order valence-corrected chi connectivity index (χ3v) is 4.35. The molecule has 0 spiro atoms. The molecular weight excluding hydrogens is 382 g/mol. The van der Waals surface area contributed by atoms with Crippen molar-refractivity contribution < 1.29 is 4.79 Å². The van der Waals surface area contributed by atoms with Crippen LogP contribution >= 0.6 is 15.9 Å². The van der Waals surface area contributed by atoms with E-state index in [-0.39, 0.29) is 5.91 Å². The lowest BCUT2D eigenvalue weighted by atomic mass is 10.2. The molecule has 0 unspecified atom stereocenters. The fourth-order valence-corrected chi connectivity index (χ4v) is 3.13. The van der Waals surface area contributed by atoms with E-state index in [1.54, 1.807) is 16.9 Å². The highest BCUT2D eigenvalue weighted by Crippen LogP contribution is 2.15. The Bertz CT molecular complexity index is 883. The van der Waals surface area contributed by atoms with Crippen LogP contribution in [0.15, 0.2) is 47.1 Å². The minimum absolute atomic E-state index is 0.0523. The summed E-state index contributed by atoms with van der Waals surface area (Å²) in [5.74, 6) is 0.641. The number of aromatic nitrogens is 4. The number of nitrogens with one attached hydrogen (secondary N) is 1. The molecule has 130 valence electrons. The zero-order chi connectivity index (χ0) is 17.8. The topological polar surface area (TPSA) is 64.7 Å². The van der Waals surface area contributed by atoms with Crippen LogP contribution in [0, 0.1) is 13.8 Å². The maximum Gasteiger partial charge on any atom is 0.227 e. The molecule has 0 aliphatic rings. The Hall–Kier alpha value is -2.41. The number of hydrogen-bond acceptors (Lipinski definition) is 3. The van der Waals surface area contributed by atoms with Crippen molar-refractivity contribution in [3.63, 3.8) is 0 Å². The molecule has 0 saturated heterocycles. The Morgan fingerprint density at radius 1 is 1.20 bits per heavy atom. The molecule has 0 aliphatic heterocycles. The van der Waals surface area contributed by atoms with Gasteiger partial charge in [0.1, 0.15) is 5.82 Å². The third kappa shape index (κ3) is 4.57. The summed E-state index contributed by atoms with van der Waals surface area (Å²) in [6.07, 6.45) is 2.05. The number of hydrogen-bond donors (Lipinski definition) is 1. The Labute approximate surface area is 155 Å². The highest BCUT2D eigenvalue weighted by molar-refractivity contribution is 9.10. The summed E-state index contributed by atoms with van der Waals surface area (Å²) in [5.41, 5.74) is 3.13. The smallest absolute Gasteiger partial charge is 0.227 e. The molecule has 1 aromatic carbocycles. The summed E-state index contributed by atoms with van der Waals surface area (Å²) in [5, 5.41) is 11.6. The van der Waals surface area contributed by atoms with E-state index in [1.807, 2.05) is 48.9 Å². The predicted octanol–water partition coefficient (Wildman–Crippen LogP) is 3.54. The normalized spacial score (nSPS) is 10.8. The maximum atomic E-state index is 12.3. The standard InChI is InChI=1S/C18H20BrN5O/c1-13-10-14(2)23(22-13)9-7-18(25)21-17-6-8-20-24(17)12-15-4-3-5-16(19)11-15/h3-6,8,10-11H,7,9,12H2,1-2H3,(H,21,25). The van der Waals surface area contributed by atoms with E-state index < -0.39 is 0 Å². The van der Waals surface area contributed by atoms with E-state index in [0.717, 1.165) is 21.4 Å². The van der Waals surface area contributed by atoms with Gasteiger partial charge in [0.05, 0.1) is 18.4 Å². The number of benzene rings is 1. The highest BCUT2D eigenvalue weighted by Gasteiger charge is 2.09. The molecule has 3 rings (SSSR count). The van der Waals surface area contributed by atoms with E-state index in [0.29, 0.717) is 25.3 Å². The predicted molar refractivity (Wildman–Crippen MR) is 100 cm³/mol. The van der Waals surface area contributed by atoms with Crippen molar-refractivity contribution in [3.05, 3.63) is 64.0 Å². The van der Waals surface area contributed by atoms with Crippen molar-refractivity contribution in [1.29, 1.82) is 0 Å². The first kappa shape index (κ1) is 17.4. The van der Waals surface area contributed by atoms with Gasteiger partial charge in [-0.3, -0.25) is 9.48 Å². The molecule has 0 atom stereocenters. The Morgan fingerprint density at radius 2 is 2.04 bits per heavy atom. The molecule has 0 radical (unpaired) electrons.